The number of aryl methyl sites for hydroxylation is 1. The van der Waals surface area contributed by atoms with Crippen molar-refractivity contribution < 1.29 is 9.59 Å². The number of amides is 2. The number of fused-ring (bicyclic) bond motifs is 1. The Bertz CT molecular complexity index is 851. The predicted octanol–water partition coefficient (Wildman–Crippen LogP) is 1.78. The second kappa shape index (κ2) is 6.72. The van der Waals surface area contributed by atoms with E-state index in [1.807, 2.05) is 23.9 Å². The molecule has 1 saturated heterocycles. The number of hydrogen-bond donors (Lipinski definition) is 3. The van der Waals surface area contributed by atoms with Crippen LogP contribution < -0.4 is 16.4 Å². The summed E-state index contributed by atoms with van der Waals surface area (Å²) in [6, 6.07) is 6.96. The normalized spacial score (nSPS) is 26.8. The lowest BCUT2D eigenvalue weighted by molar-refractivity contribution is -0.134. The molecule has 0 spiro atoms. The average molecular weight is 355 g/mol. The molecule has 26 heavy (non-hydrogen) atoms. The van der Waals surface area contributed by atoms with Crippen molar-refractivity contribution in [1.82, 2.24) is 15.1 Å². The monoisotopic (exact) mass is 355 g/mol. The van der Waals surface area contributed by atoms with Gasteiger partial charge in [-0.1, -0.05) is 0 Å². The van der Waals surface area contributed by atoms with Crippen molar-refractivity contribution in [1.29, 1.82) is 0 Å². The zero-order chi connectivity index (χ0) is 18.3. The van der Waals surface area contributed by atoms with Gasteiger partial charge in [0.25, 0.3) is 0 Å². The van der Waals surface area contributed by atoms with Crippen LogP contribution in [0, 0.1) is 0 Å². The van der Waals surface area contributed by atoms with Crippen LogP contribution in [0.4, 0.5) is 5.69 Å². The van der Waals surface area contributed by atoms with Crippen molar-refractivity contribution in [3.05, 3.63) is 23.9 Å². The number of carbonyl (C=O) groups is 2. The first-order valence-corrected chi connectivity index (χ1v) is 9.33. The van der Waals surface area contributed by atoms with E-state index in [0.29, 0.717) is 24.9 Å². The van der Waals surface area contributed by atoms with Crippen molar-refractivity contribution in [3.8, 4) is 0 Å². The minimum atomic E-state index is -0.366. The minimum Gasteiger partial charge on any atom is -0.382 e. The van der Waals surface area contributed by atoms with Crippen LogP contribution in [0.3, 0.4) is 0 Å². The molecule has 1 unspecified atom stereocenters. The maximum absolute atomic E-state index is 12.2. The Kier molecular flexibility index (Phi) is 4.40. The zero-order valence-electron chi connectivity index (χ0n) is 15.0. The molecular formula is C19H25N5O2. The van der Waals surface area contributed by atoms with Crippen molar-refractivity contribution in [2.45, 2.75) is 56.5 Å². The molecule has 2 fully saturated rings. The second-order valence-corrected chi connectivity index (χ2v) is 7.50. The Balaban J connectivity index is 1.58. The average Bonchev–Trinajstić information content (AvgIpc) is 2.93. The highest BCUT2D eigenvalue weighted by atomic mass is 16.2. The van der Waals surface area contributed by atoms with E-state index < -0.39 is 0 Å². The zero-order valence-corrected chi connectivity index (χ0v) is 15.0. The summed E-state index contributed by atoms with van der Waals surface area (Å²) in [6.07, 6.45) is 5.17. The molecule has 1 saturated carbocycles. The lowest BCUT2D eigenvalue weighted by Crippen LogP contribution is -2.39. The van der Waals surface area contributed by atoms with Gasteiger partial charge in [-0.15, -0.1) is 0 Å². The van der Waals surface area contributed by atoms with Crippen LogP contribution in [-0.2, 0) is 16.6 Å². The quantitative estimate of drug-likeness (QED) is 0.729. The van der Waals surface area contributed by atoms with Crippen LogP contribution in [0.2, 0.25) is 0 Å². The van der Waals surface area contributed by atoms with Crippen LogP contribution in [0.5, 0.6) is 0 Å². The van der Waals surface area contributed by atoms with Crippen LogP contribution in [0.15, 0.2) is 18.2 Å². The Morgan fingerprint density at radius 2 is 1.96 bits per heavy atom. The molecule has 1 atom stereocenters. The number of nitrogens with one attached hydrogen (secondary N) is 2. The van der Waals surface area contributed by atoms with Gasteiger partial charge in [0.15, 0.2) is 0 Å². The molecule has 4 rings (SSSR count). The molecule has 7 nitrogen and oxygen atoms in total. The molecule has 0 bridgehead atoms. The number of nitrogens with zero attached hydrogens (tertiary/aromatic N) is 2. The first-order chi connectivity index (χ1) is 12.5. The smallest absolute Gasteiger partial charge is 0.235 e. The highest BCUT2D eigenvalue weighted by Crippen LogP contribution is 2.32. The van der Waals surface area contributed by atoms with Gasteiger partial charge in [0.05, 0.1) is 17.1 Å². The van der Waals surface area contributed by atoms with Gasteiger partial charge in [-0.25, -0.2) is 0 Å². The van der Waals surface area contributed by atoms with Crippen molar-refractivity contribution >= 4 is 28.4 Å². The Morgan fingerprint density at radius 3 is 2.69 bits per heavy atom. The summed E-state index contributed by atoms with van der Waals surface area (Å²) < 4.78 is 1.82. The summed E-state index contributed by atoms with van der Waals surface area (Å²) in [7, 11) is 1.89. The largest absolute Gasteiger partial charge is 0.382 e. The van der Waals surface area contributed by atoms with Crippen molar-refractivity contribution in [2.24, 2.45) is 12.8 Å². The fraction of sp³-hybridized carbons (Fsp3) is 0.526. The van der Waals surface area contributed by atoms with Gasteiger partial charge in [-0.3, -0.25) is 19.6 Å². The number of hydrogen-bond acceptors (Lipinski definition) is 5. The lowest BCUT2D eigenvalue weighted by atomic mass is 9.91. The van der Waals surface area contributed by atoms with Crippen molar-refractivity contribution in [2.75, 3.05) is 5.32 Å². The Labute approximate surface area is 152 Å². The van der Waals surface area contributed by atoms with Crippen molar-refractivity contribution in [3.63, 3.8) is 0 Å². The topological polar surface area (TPSA) is 102 Å². The standard InChI is InChI=1S/C19H25N5O2/c1-24-16-10-13(21-12-4-2-11(20)3-5-12)6-7-14(16)18(23-24)15-8-9-17(25)22-19(15)26/h6-7,10-12,15,21H,2-5,8-9,20H2,1H3,(H,22,25,26). The fourth-order valence-corrected chi connectivity index (χ4v) is 4.09. The summed E-state index contributed by atoms with van der Waals surface area (Å²) >= 11 is 0. The van der Waals surface area contributed by atoms with E-state index in [9.17, 15) is 9.59 Å². The SMILES string of the molecule is Cn1nc(C2CCC(=O)NC2=O)c2ccc(NC3CCC(N)CC3)cc21. The third kappa shape index (κ3) is 3.19. The molecule has 2 aromatic rings. The Morgan fingerprint density at radius 1 is 1.19 bits per heavy atom. The molecular weight excluding hydrogens is 330 g/mol. The number of imide groups is 1. The van der Waals surface area contributed by atoms with E-state index >= 15 is 0 Å². The van der Waals surface area contributed by atoms with Crippen LogP contribution in [0.25, 0.3) is 10.9 Å². The number of aromatic nitrogens is 2. The number of benzene rings is 1. The van der Waals surface area contributed by atoms with Crippen LogP contribution in [-0.4, -0.2) is 33.7 Å². The minimum absolute atomic E-state index is 0.204. The Hall–Kier alpha value is -2.41. The third-order valence-corrected chi connectivity index (χ3v) is 5.59. The van der Waals surface area contributed by atoms with Gasteiger partial charge >= 0.3 is 0 Å². The molecule has 4 N–H and O–H groups in total. The summed E-state index contributed by atoms with van der Waals surface area (Å²) in [5.74, 6) is -0.817. The molecule has 0 radical (unpaired) electrons. The van der Waals surface area contributed by atoms with Gasteiger partial charge in [0, 0.05) is 36.6 Å². The first-order valence-electron chi connectivity index (χ1n) is 9.33. The number of piperidine rings is 1. The lowest BCUT2D eigenvalue weighted by Gasteiger charge is -2.27. The third-order valence-electron chi connectivity index (χ3n) is 5.59. The van der Waals surface area contributed by atoms with Gasteiger partial charge < -0.3 is 11.1 Å². The van der Waals surface area contributed by atoms with Gasteiger partial charge in [0.1, 0.15) is 0 Å². The first kappa shape index (κ1) is 17.0. The predicted molar refractivity (Wildman–Crippen MR) is 99.7 cm³/mol. The van der Waals surface area contributed by atoms with E-state index in [4.69, 9.17) is 5.73 Å². The molecule has 1 aromatic heterocycles. The van der Waals surface area contributed by atoms with E-state index in [1.54, 1.807) is 0 Å². The van der Waals surface area contributed by atoms with E-state index in [0.717, 1.165) is 48.0 Å². The maximum Gasteiger partial charge on any atom is 0.235 e. The van der Waals surface area contributed by atoms with E-state index in [1.165, 1.54) is 0 Å². The van der Waals surface area contributed by atoms with E-state index in [-0.39, 0.29) is 17.7 Å². The number of anilines is 1. The molecule has 1 aliphatic heterocycles. The summed E-state index contributed by atoms with van der Waals surface area (Å²) in [5, 5.41) is 11.6. The van der Waals surface area contributed by atoms with E-state index in [2.05, 4.69) is 21.8 Å². The molecule has 1 aliphatic carbocycles. The summed E-state index contributed by atoms with van der Waals surface area (Å²) in [5.41, 5.74) is 8.79. The molecule has 1 aromatic carbocycles. The fourth-order valence-electron chi connectivity index (χ4n) is 4.09. The number of nitrogens with two attached hydrogens (primary N) is 1. The van der Waals surface area contributed by atoms with Crippen LogP contribution in [0.1, 0.15) is 50.1 Å². The number of carbonyl (C=O) groups excluding carboxylic acids is 2. The second-order valence-electron chi connectivity index (χ2n) is 7.50. The maximum atomic E-state index is 12.2. The summed E-state index contributed by atoms with van der Waals surface area (Å²) in [4.78, 5) is 23.6. The highest BCUT2D eigenvalue weighted by molar-refractivity contribution is 6.02. The van der Waals surface area contributed by atoms with Gasteiger partial charge in [0.2, 0.25) is 11.8 Å². The highest BCUT2D eigenvalue weighted by Gasteiger charge is 2.31. The molecule has 7 heteroatoms. The molecule has 2 heterocycles. The number of rotatable bonds is 3. The molecule has 138 valence electrons. The summed E-state index contributed by atoms with van der Waals surface area (Å²) in [6.45, 7) is 0. The van der Waals surface area contributed by atoms with Gasteiger partial charge in [-0.2, -0.15) is 5.10 Å². The van der Waals surface area contributed by atoms with Crippen LogP contribution >= 0.6 is 0 Å². The van der Waals surface area contributed by atoms with Gasteiger partial charge in [-0.05, 0) is 50.3 Å². The molecule has 2 aliphatic rings. The molecule has 2 amide bonds.